The van der Waals surface area contributed by atoms with Gasteiger partial charge in [-0.15, -0.1) is 11.8 Å². The molecule has 4 rings (SSSR count). The molecule has 0 radical (unpaired) electrons. The van der Waals surface area contributed by atoms with Crippen LogP contribution in [0.25, 0.3) is 0 Å². The van der Waals surface area contributed by atoms with Crippen LogP contribution in [0.1, 0.15) is 18.1 Å². The van der Waals surface area contributed by atoms with Gasteiger partial charge < -0.3 is 15.2 Å². The summed E-state index contributed by atoms with van der Waals surface area (Å²) in [5.41, 5.74) is 2.47. The number of ether oxygens (including phenoxy) is 1. The standard InChI is InChI=1S/C26H26N2O5S/c1-3-7-19-20(14-16-8-5-4-6-9-16)34-25-22(24(30)28(25)23(19)26(31)32)27-21(29)15-17-10-12-18(33-2)13-11-17/h3-13,20,22,25H,14-15H2,1-2H3,(H,27,29)(H,31,32)/t20?,22?,25-/m1/s1. The molecule has 2 heterocycles. The molecule has 0 spiro atoms. The van der Waals surface area contributed by atoms with Gasteiger partial charge in [-0.2, -0.15) is 0 Å². The highest BCUT2D eigenvalue weighted by Gasteiger charge is 2.55. The molecule has 0 bridgehead atoms. The Labute approximate surface area is 202 Å². The fourth-order valence-corrected chi connectivity index (χ4v) is 5.87. The number of hydrogen-bond donors (Lipinski definition) is 2. The third-order valence-corrected chi connectivity index (χ3v) is 7.37. The minimum atomic E-state index is -1.15. The second-order valence-corrected chi connectivity index (χ2v) is 9.42. The van der Waals surface area contributed by atoms with Crippen molar-refractivity contribution in [3.8, 4) is 5.75 Å². The van der Waals surface area contributed by atoms with Gasteiger partial charge in [-0.25, -0.2) is 4.79 Å². The predicted molar refractivity (Wildman–Crippen MR) is 130 cm³/mol. The van der Waals surface area contributed by atoms with E-state index in [9.17, 15) is 19.5 Å². The Morgan fingerprint density at radius 1 is 1.12 bits per heavy atom. The Hall–Kier alpha value is -3.52. The van der Waals surface area contributed by atoms with E-state index in [1.54, 1.807) is 43.5 Å². The summed E-state index contributed by atoms with van der Waals surface area (Å²) in [7, 11) is 1.57. The van der Waals surface area contributed by atoms with Crippen molar-refractivity contribution in [2.75, 3.05) is 7.11 Å². The first-order valence-electron chi connectivity index (χ1n) is 11.0. The molecule has 2 N–H and O–H groups in total. The van der Waals surface area contributed by atoms with Crippen LogP contribution in [0, 0.1) is 0 Å². The molecule has 34 heavy (non-hydrogen) atoms. The first kappa shape index (κ1) is 23.6. The fourth-order valence-electron chi connectivity index (χ4n) is 4.24. The van der Waals surface area contributed by atoms with Crippen molar-refractivity contribution in [2.45, 2.75) is 36.4 Å². The van der Waals surface area contributed by atoms with Crippen LogP contribution in [0.4, 0.5) is 0 Å². The van der Waals surface area contributed by atoms with Crippen LogP contribution in [-0.4, -0.2) is 51.6 Å². The number of thioether (sulfide) groups is 1. The number of nitrogens with one attached hydrogen (secondary N) is 1. The number of carbonyl (C=O) groups excluding carboxylic acids is 2. The second kappa shape index (κ2) is 10.2. The number of carboxylic acids is 1. The minimum absolute atomic E-state index is 0.00608. The molecule has 2 aromatic carbocycles. The summed E-state index contributed by atoms with van der Waals surface area (Å²) in [6, 6.07) is 16.2. The van der Waals surface area contributed by atoms with Crippen LogP contribution >= 0.6 is 11.8 Å². The zero-order valence-electron chi connectivity index (χ0n) is 18.9. The number of β-lactam (4-membered cyclic amide) rings is 1. The fraction of sp³-hybridized carbons (Fsp3) is 0.269. The summed E-state index contributed by atoms with van der Waals surface area (Å²) in [5.74, 6) is -1.14. The molecule has 0 saturated carbocycles. The van der Waals surface area contributed by atoms with E-state index in [-0.39, 0.29) is 23.3 Å². The van der Waals surface area contributed by atoms with Crippen LogP contribution in [0.5, 0.6) is 5.75 Å². The van der Waals surface area contributed by atoms with Gasteiger partial charge >= 0.3 is 5.97 Å². The largest absolute Gasteiger partial charge is 0.497 e. The molecule has 1 saturated heterocycles. The number of methoxy groups -OCH3 is 1. The van der Waals surface area contributed by atoms with Crippen molar-refractivity contribution in [1.82, 2.24) is 10.2 Å². The van der Waals surface area contributed by atoms with E-state index in [2.05, 4.69) is 5.32 Å². The first-order chi connectivity index (χ1) is 16.4. The number of nitrogens with zero attached hydrogens (tertiary/aromatic N) is 1. The summed E-state index contributed by atoms with van der Waals surface area (Å²) in [6.07, 6.45) is 4.29. The third kappa shape index (κ3) is 4.72. The smallest absolute Gasteiger partial charge is 0.352 e. The van der Waals surface area contributed by atoms with Gasteiger partial charge in [0.05, 0.1) is 13.5 Å². The molecule has 7 nitrogen and oxygen atoms in total. The molecular formula is C26H26N2O5S. The maximum atomic E-state index is 13.0. The minimum Gasteiger partial charge on any atom is -0.497 e. The SMILES string of the molecule is CC=CC1=C(C(=O)O)N2C(=O)C(NC(=O)Cc3ccc(OC)cc3)[C@H]2SC1Cc1ccccc1. The number of carboxylic acid groups (broad SMARTS) is 1. The predicted octanol–water partition coefficient (Wildman–Crippen LogP) is 3.16. The molecule has 1 fully saturated rings. The van der Waals surface area contributed by atoms with Crippen LogP contribution in [0.15, 0.2) is 78.0 Å². The molecule has 176 valence electrons. The highest BCUT2D eigenvalue weighted by Crippen LogP contribution is 2.45. The van der Waals surface area contributed by atoms with Crippen LogP contribution in [-0.2, 0) is 27.2 Å². The Kier molecular flexibility index (Phi) is 7.07. The van der Waals surface area contributed by atoms with Crippen molar-refractivity contribution >= 4 is 29.5 Å². The molecule has 2 unspecified atom stereocenters. The average Bonchev–Trinajstić information content (AvgIpc) is 2.84. The Balaban J connectivity index is 1.54. The number of aliphatic carboxylic acids is 1. The lowest BCUT2D eigenvalue weighted by Gasteiger charge is -2.51. The van der Waals surface area contributed by atoms with E-state index in [0.29, 0.717) is 17.7 Å². The normalized spacial score (nSPS) is 21.8. The van der Waals surface area contributed by atoms with Crippen molar-refractivity contribution in [3.63, 3.8) is 0 Å². The van der Waals surface area contributed by atoms with Gasteiger partial charge in [0.2, 0.25) is 5.91 Å². The molecule has 3 atom stereocenters. The number of allylic oxidation sites excluding steroid dienone is 2. The van der Waals surface area contributed by atoms with Gasteiger partial charge in [-0.1, -0.05) is 54.6 Å². The van der Waals surface area contributed by atoms with Gasteiger partial charge in [-0.3, -0.25) is 14.5 Å². The van der Waals surface area contributed by atoms with Gasteiger partial charge in [0.1, 0.15) is 22.9 Å². The zero-order valence-corrected chi connectivity index (χ0v) is 19.7. The van der Waals surface area contributed by atoms with E-state index in [0.717, 1.165) is 11.1 Å². The van der Waals surface area contributed by atoms with Gasteiger partial charge in [0.25, 0.3) is 5.91 Å². The lowest BCUT2D eigenvalue weighted by Crippen LogP contribution is -2.71. The highest BCUT2D eigenvalue weighted by atomic mass is 32.2. The van der Waals surface area contributed by atoms with Crippen molar-refractivity contribution in [2.24, 2.45) is 0 Å². The van der Waals surface area contributed by atoms with Crippen molar-refractivity contribution in [1.29, 1.82) is 0 Å². The van der Waals surface area contributed by atoms with E-state index < -0.39 is 23.3 Å². The Morgan fingerprint density at radius 2 is 1.82 bits per heavy atom. The number of hydrogen-bond acceptors (Lipinski definition) is 5. The summed E-state index contributed by atoms with van der Waals surface area (Å²) in [6.45, 7) is 1.82. The number of benzene rings is 2. The quantitative estimate of drug-likeness (QED) is 0.566. The highest BCUT2D eigenvalue weighted by molar-refractivity contribution is 8.00. The number of rotatable bonds is 8. The zero-order chi connectivity index (χ0) is 24.2. The van der Waals surface area contributed by atoms with Crippen LogP contribution in [0.2, 0.25) is 0 Å². The van der Waals surface area contributed by atoms with E-state index in [1.165, 1.54) is 16.7 Å². The van der Waals surface area contributed by atoms with Crippen molar-refractivity contribution < 1.29 is 24.2 Å². The summed E-state index contributed by atoms with van der Waals surface area (Å²) in [4.78, 5) is 39.2. The molecule has 2 aromatic rings. The molecule has 0 aromatic heterocycles. The lowest BCUT2D eigenvalue weighted by molar-refractivity contribution is -0.150. The third-order valence-electron chi connectivity index (χ3n) is 5.86. The second-order valence-electron chi connectivity index (χ2n) is 8.09. The lowest BCUT2D eigenvalue weighted by atomic mass is 9.96. The molecular weight excluding hydrogens is 452 g/mol. The topological polar surface area (TPSA) is 95.9 Å². The number of amides is 2. The van der Waals surface area contributed by atoms with Gasteiger partial charge in [0.15, 0.2) is 0 Å². The monoisotopic (exact) mass is 478 g/mol. The molecule has 2 amide bonds. The first-order valence-corrected chi connectivity index (χ1v) is 11.9. The maximum Gasteiger partial charge on any atom is 0.352 e. The van der Waals surface area contributed by atoms with Crippen LogP contribution < -0.4 is 10.1 Å². The Morgan fingerprint density at radius 3 is 2.44 bits per heavy atom. The molecule has 2 aliphatic rings. The number of carbonyl (C=O) groups is 3. The summed E-state index contributed by atoms with van der Waals surface area (Å²) in [5, 5.41) is 12.2. The van der Waals surface area contributed by atoms with Crippen LogP contribution in [0.3, 0.4) is 0 Å². The maximum absolute atomic E-state index is 13.0. The van der Waals surface area contributed by atoms with Crippen molar-refractivity contribution in [3.05, 3.63) is 89.1 Å². The summed E-state index contributed by atoms with van der Waals surface area (Å²) < 4.78 is 5.14. The van der Waals surface area contributed by atoms with Gasteiger partial charge in [0, 0.05) is 5.25 Å². The average molecular weight is 479 g/mol. The molecule has 0 aliphatic carbocycles. The summed E-state index contributed by atoms with van der Waals surface area (Å²) >= 11 is 1.51. The molecule has 2 aliphatic heterocycles. The van der Waals surface area contributed by atoms with Gasteiger partial charge in [-0.05, 0) is 42.2 Å². The van der Waals surface area contributed by atoms with E-state index in [1.807, 2.05) is 37.3 Å². The number of fused-ring (bicyclic) bond motifs is 1. The van der Waals surface area contributed by atoms with E-state index in [4.69, 9.17) is 4.74 Å². The molecule has 8 heteroatoms. The Bertz CT molecular complexity index is 1140. The van der Waals surface area contributed by atoms with E-state index >= 15 is 0 Å².